The van der Waals surface area contributed by atoms with Crippen molar-refractivity contribution in [2.24, 2.45) is 0 Å². The van der Waals surface area contributed by atoms with Gasteiger partial charge in [0.2, 0.25) is 5.91 Å². The van der Waals surface area contributed by atoms with Gasteiger partial charge in [0, 0.05) is 36.7 Å². The number of carboxylic acids is 2. The maximum atomic E-state index is 13.4. The average molecular weight is 688 g/mol. The first-order valence-corrected chi connectivity index (χ1v) is 15.3. The number of methoxy groups -OCH3 is 3. The smallest absolute Gasteiger partial charge is 0.414 e. The number of nitro groups is 1. The zero-order chi connectivity index (χ0) is 35.4. The highest BCUT2D eigenvalue weighted by Crippen LogP contribution is 2.50. The van der Waals surface area contributed by atoms with E-state index in [0.29, 0.717) is 61.3 Å². The van der Waals surface area contributed by atoms with E-state index in [-0.39, 0.29) is 17.3 Å². The second-order valence-electron chi connectivity index (χ2n) is 10.2. The van der Waals surface area contributed by atoms with E-state index in [1.165, 1.54) is 24.9 Å². The number of aliphatic carboxylic acids is 2. The van der Waals surface area contributed by atoms with Crippen LogP contribution in [0.3, 0.4) is 0 Å². The highest BCUT2D eigenvalue weighted by molar-refractivity contribution is 8.00. The van der Waals surface area contributed by atoms with Crippen LogP contribution in [-0.4, -0.2) is 99.6 Å². The van der Waals surface area contributed by atoms with E-state index < -0.39 is 22.1 Å². The number of carboxylic acid groups (broad SMARTS) is 2. The second kappa shape index (κ2) is 17.6. The summed E-state index contributed by atoms with van der Waals surface area (Å²) in [5, 5.41) is 25.9. The maximum Gasteiger partial charge on any atom is 0.414 e. The van der Waals surface area contributed by atoms with Crippen LogP contribution in [0.1, 0.15) is 17.2 Å². The monoisotopic (exact) mass is 687 g/mol. The molecule has 1 aliphatic rings. The molecule has 4 rings (SSSR count). The summed E-state index contributed by atoms with van der Waals surface area (Å²) in [6.07, 6.45) is 0.653. The van der Waals surface area contributed by atoms with Crippen LogP contribution in [0.4, 0.5) is 11.4 Å². The number of amides is 1. The molecule has 258 valence electrons. The number of nitrogens with zero attached hydrogens (tertiary/aromatic N) is 3. The molecular weight excluding hydrogens is 650 g/mol. The predicted octanol–water partition coefficient (Wildman–Crippen LogP) is 4.37. The molecule has 0 saturated carbocycles. The number of ether oxygens (including phenoxy) is 5. The van der Waals surface area contributed by atoms with Crippen LogP contribution in [0.5, 0.6) is 28.7 Å². The molecule has 0 aliphatic carbocycles. The zero-order valence-electron chi connectivity index (χ0n) is 27.0. The Hall–Kier alpha value is -5.22. The van der Waals surface area contributed by atoms with Crippen LogP contribution in [0.25, 0.3) is 0 Å². The number of hydrogen-bond acceptors (Lipinski definition) is 12. The molecule has 0 radical (unpaired) electrons. The van der Waals surface area contributed by atoms with Gasteiger partial charge < -0.3 is 43.7 Å². The van der Waals surface area contributed by atoms with E-state index in [4.69, 9.17) is 43.5 Å². The molecule has 0 saturated heterocycles. The Morgan fingerprint density at radius 3 is 2.19 bits per heavy atom. The van der Waals surface area contributed by atoms with Gasteiger partial charge in [0.1, 0.15) is 23.4 Å². The molecule has 2 N–H and O–H groups in total. The molecule has 1 unspecified atom stereocenters. The number of para-hydroxylation sites is 1. The lowest BCUT2D eigenvalue weighted by molar-refractivity contribution is -0.385. The molecule has 0 aromatic heterocycles. The van der Waals surface area contributed by atoms with Crippen molar-refractivity contribution >= 4 is 41.0 Å². The molecule has 1 heterocycles. The molecule has 0 spiro atoms. The first-order valence-electron chi connectivity index (χ1n) is 14.4. The molecule has 48 heavy (non-hydrogen) atoms. The molecular formula is C32H37N3O12S. The molecule has 3 aromatic carbocycles. The van der Waals surface area contributed by atoms with Crippen molar-refractivity contribution in [1.29, 1.82) is 0 Å². The summed E-state index contributed by atoms with van der Waals surface area (Å²) in [6, 6.07) is 15.9. The van der Waals surface area contributed by atoms with Crippen molar-refractivity contribution in [1.82, 2.24) is 4.90 Å². The first-order chi connectivity index (χ1) is 22.9. The number of benzene rings is 3. The minimum atomic E-state index is -1.82. The largest absolute Gasteiger partial charge is 0.493 e. The quantitative estimate of drug-likeness (QED) is 0.105. The first kappa shape index (κ1) is 37.2. The minimum absolute atomic E-state index is 0.0754. The predicted molar refractivity (Wildman–Crippen MR) is 176 cm³/mol. The van der Waals surface area contributed by atoms with Gasteiger partial charge >= 0.3 is 17.6 Å². The highest BCUT2D eigenvalue weighted by atomic mass is 32.2. The Balaban J connectivity index is 0.000000952. The van der Waals surface area contributed by atoms with Crippen LogP contribution >= 0.6 is 11.8 Å². The molecule has 1 atom stereocenters. The fraction of sp³-hybridized carbons (Fsp3) is 0.344. The number of hydrogen-bond donors (Lipinski definition) is 2. The van der Waals surface area contributed by atoms with E-state index in [1.807, 2.05) is 37.4 Å². The lowest BCUT2D eigenvalue weighted by Gasteiger charge is -2.32. The van der Waals surface area contributed by atoms with Crippen molar-refractivity contribution in [2.45, 2.75) is 16.6 Å². The van der Waals surface area contributed by atoms with Gasteiger partial charge in [-0.15, -0.1) is 11.8 Å². The summed E-state index contributed by atoms with van der Waals surface area (Å²) < 4.78 is 27.8. The molecule has 1 aliphatic heterocycles. The molecule has 1 amide bonds. The van der Waals surface area contributed by atoms with E-state index in [1.54, 1.807) is 44.4 Å². The number of carbonyl (C=O) groups excluding carboxylic acids is 1. The number of anilines is 1. The van der Waals surface area contributed by atoms with Crippen molar-refractivity contribution < 1.29 is 53.2 Å². The van der Waals surface area contributed by atoms with Gasteiger partial charge in [-0.2, -0.15) is 0 Å². The summed E-state index contributed by atoms with van der Waals surface area (Å²) in [5.74, 6) is -1.51. The Labute approximate surface area is 281 Å². The Morgan fingerprint density at radius 1 is 0.896 bits per heavy atom. The number of carbonyl (C=O) groups is 3. The number of fused-ring (bicyclic) bond motifs is 1. The van der Waals surface area contributed by atoms with E-state index in [2.05, 4.69) is 4.90 Å². The summed E-state index contributed by atoms with van der Waals surface area (Å²) >= 11 is 1.39. The fourth-order valence-electron chi connectivity index (χ4n) is 4.56. The summed E-state index contributed by atoms with van der Waals surface area (Å²) in [4.78, 5) is 47.5. The molecule has 0 bridgehead atoms. The van der Waals surface area contributed by atoms with Gasteiger partial charge in [0.05, 0.1) is 44.6 Å². The Bertz CT molecular complexity index is 1610. The second-order valence-corrected chi connectivity index (χ2v) is 11.3. The van der Waals surface area contributed by atoms with Crippen molar-refractivity contribution in [3.05, 3.63) is 70.3 Å². The number of thioether (sulfide) groups is 1. The average Bonchev–Trinajstić information content (AvgIpc) is 3.08. The summed E-state index contributed by atoms with van der Waals surface area (Å²) in [7, 11) is 8.23. The van der Waals surface area contributed by atoms with Crippen LogP contribution in [-0.2, 0) is 14.4 Å². The van der Waals surface area contributed by atoms with Gasteiger partial charge in [0.25, 0.3) is 0 Å². The molecule has 16 heteroatoms. The number of likely N-dealkylation sites (N-methyl/N-ethyl adjacent to an activating group) is 2. The minimum Gasteiger partial charge on any atom is -0.493 e. The molecule has 0 fully saturated rings. The third-order valence-electron chi connectivity index (χ3n) is 7.04. The number of nitro benzene ring substituents is 1. The van der Waals surface area contributed by atoms with Crippen LogP contribution in [0.2, 0.25) is 0 Å². The van der Waals surface area contributed by atoms with E-state index in [0.717, 1.165) is 10.6 Å². The third-order valence-corrected chi connectivity index (χ3v) is 8.33. The lowest BCUT2D eigenvalue weighted by Crippen LogP contribution is -2.34. The highest BCUT2D eigenvalue weighted by Gasteiger charge is 2.36. The van der Waals surface area contributed by atoms with Crippen LogP contribution in [0, 0.1) is 10.1 Å². The topological polar surface area (TPSA) is 187 Å². The normalized spacial score (nSPS) is 13.5. The van der Waals surface area contributed by atoms with Gasteiger partial charge in [-0.05, 0) is 43.8 Å². The number of rotatable bonds is 14. The summed E-state index contributed by atoms with van der Waals surface area (Å²) in [6.45, 7) is 2.15. The molecule has 15 nitrogen and oxygen atoms in total. The van der Waals surface area contributed by atoms with Crippen LogP contribution < -0.4 is 28.6 Å². The summed E-state index contributed by atoms with van der Waals surface area (Å²) in [5.41, 5.74) is 1.13. The van der Waals surface area contributed by atoms with Gasteiger partial charge in [-0.25, -0.2) is 9.59 Å². The maximum absolute atomic E-state index is 13.4. The SMILES string of the molecule is COc1ccc(OCCN(C)CCCOc2cc([N+](=O)[O-])c(OC)cc2C2Sc3ccccc3N(C)C2=O)cc1OC.O=C(O)C(=O)O. The lowest BCUT2D eigenvalue weighted by atomic mass is 10.1. The van der Waals surface area contributed by atoms with Crippen LogP contribution in [0.15, 0.2) is 59.5 Å². The van der Waals surface area contributed by atoms with E-state index in [9.17, 15) is 14.9 Å². The van der Waals surface area contributed by atoms with Gasteiger partial charge in [-0.1, -0.05) is 12.1 Å². The van der Waals surface area contributed by atoms with Crippen molar-refractivity contribution in [2.75, 3.05) is 66.6 Å². The standard InChI is InChI=1S/C30H35N3O8S.C2H2O4/c1-31(14-16-40-20-11-12-24(37-3)27(17-20)39-5)13-8-15-41-25-19-23(33(35)36)26(38-4)18-21(25)29-30(34)32(2)22-9-6-7-10-28(22)42-29;3-1(4)2(5)6/h6-7,9-12,17-19,29H,8,13-16H2,1-5H3;(H,3,4)(H,5,6). The zero-order valence-corrected chi connectivity index (χ0v) is 27.9. The van der Waals surface area contributed by atoms with Crippen molar-refractivity contribution in [3.63, 3.8) is 0 Å². The Kier molecular flexibility index (Phi) is 13.7. The molecule has 3 aromatic rings. The van der Waals surface area contributed by atoms with E-state index >= 15 is 0 Å². The third kappa shape index (κ3) is 9.65. The van der Waals surface area contributed by atoms with Crippen molar-refractivity contribution in [3.8, 4) is 28.7 Å². The van der Waals surface area contributed by atoms with Gasteiger partial charge in [0.15, 0.2) is 17.2 Å². The Morgan fingerprint density at radius 2 is 1.56 bits per heavy atom. The van der Waals surface area contributed by atoms with Gasteiger partial charge in [-0.3, -0.25) is 14.9 Å². The fourth-order valence-corrected chi connectivity index (χ4v) is 5.86.